The Balaban J connectivity index is 2.38. The van der Waals surface area contributed by atoms with Crippen molar-refractivity contribution in [3.63, 3.8) is 0 Å². The molecule has 0 saturated heterocycles. The number of carbonyl (C=O) groups is 2. The number of amides is 2. The van der Waals surface area contributed by atoms with Crippen LogP contribution in [0.4, 0.5) is 5.69 Å². The van der Waals surface area contributed by atoms with Gasteiger partial charge in [-0.2, -0.15) is 0 Å². The van der Waals surface area contributed by atoms with Crippen molar-refractivity contribution in [3.05, 3.63) is 59.2 Å². The molecule has 0 aliphatic rings. The van der Waals surface area contributed by atoms with E-state index in [0.717, 1.165) is 40.1 Å². The number of rotatable bonds is 12. The largest absolute Gasteiger partial charge is 0.497 e. The maximum absolute atomic E-state index is 13.6. The monoisotopic (exact) mass is 503 g/mol. The summed E-state index contributed by atoms with van der Waals surface area (Å²) < 4.78 is 31.8. The number of hydrogen-bond donors (Lipinski definition) is 1. The Morgan fingerprint density at radius 1 is 1.09 bits per heavy atom. The Labute approximate surface area is 209 Å². The minimum atomic E-state index is -3.76. The highest BCUT2D eigenvalue weighted by Crippen LogP contribution is 2.24. The van der Waals surface area contributed by atoms with Gasteiger partial charge in [0, 0.05) is 13.1 Å². The molecular formula is C26H37N3O5S. The molecule has 2 rings (SSSR count). The van der Waals surface area contributed by atoms with Gasteiger partial charge in [0.25, 0.3) is 0 Å². The fourth-order valence-corrected chi connectivity index (χ4v) is 4.53. The van der Waals surface area contributed by atoms with E-state index in [1.54, 1.807) is 39.2 Å². The van der Waals surface area contributed by atoms with Crippen molar-refractivity contribution >= 4 is 27.5 Å². The van der Waals surface area contributed by atoms with Gasteiger partial charge in [-0.15, -0.1) is 0 Å². The predicted octanol–water partition coefficient (Wildman–Crippen LogP) is 3.41. The maximum Gasteiger partial charge on any atom is 0.244 e. The second-order valence-electron chi connectivity index (χ2n) is 8.75. The van der Waals surface area contributed by atoms with Gasteiger partial charge < -0.3 is 15.0 Å². The molecule has 0 aliphatic carbocycles. The van der Waals surface area contributed by atoms with Gasteiger partial charge in [-0.25, -0.2) is 8.42 Å². The molecule has 0 heterocycles. The van der Waals surface area contributed by atoms with Crippen LogP contribution >= 0.6 is 0 Å². The molecule has 0 bridgehead atoms. The van der Waals surface area contributed by atoms with Crippen LogP contribution in [-0.2, 0) is 26.2 Å². The third-order valence-corrected chi connectivity index (χ3v) is 6.95. The Kier molecular flexibility index (Phi) is 10.1. The molecule has 2 aromatic carbocycles. The summed E-state index contributed by atoms with van der Waals surface area (Å²) >= 11 is 0. The van der Waals surface area contributed by atoms with E-state index in [1.807, 2.05) is 38.1 Å². The molecule has 192 valence electrons. The lowest BCUT2D eigenvalue weighted by atomic mass is 10.1. The molecule has 0 unspecified atom stereocenters. The lowest BCUT2D eigenvalue weighted by Crippen LogP contribution is -2.51. The SMILES string of the molecule is CCCCNC(=O)[C@H](C)N(Cc1ccc(OC)cc1)C(=O)CN(c1cc(C)ccc1C)S(C)(=O)=O. The standard InChI is InChI=1S/C26H37N3O5S/c1-7-8-15-27-26(31)21(4)28(17-22-11-13-23(34-5)14-12-22)25(30)18-29(35(6,32)33)24-16-19(2)9-10-20(24)3/h9-14,16,21H,7-8,15,17-18H2,1-6H3,(H,27,31)/t21-/m0/s1. The number of benzene rings is 2. The molecule has 0 aromatic heterocycles. The summed E-state index contributed by atoms with van der Waals surface area (Å²) in [6.45, 7) is 7.61. The molecule has 2 amide bonds. The van der Waals surface area contributed by atoms with Crippen molar-refractivity contribution in [2.45, 2.75) is 53.1 Å². The summed E-state index contributed by atoms with van der Waals surface area (Å²) in [5.74, 6) is -0.0709. The van der Waals surface area contributed by atoms with Crippen LogP contribution in [0.2, 0.25) is 0 Å². The predicted molar refractivity (Wildman–Crippen MR) is 139 cm³/mol. The molecule has 8 nitrogen and oxygen atoms in total. The third-order valence-electron chi connectivity index (χ3n) is 5.82. The van der Waals surface area contributed by atoms with Gasteiger partial charge in [-0.3, -0.25) is 13.9 Å². The smallest absolute Gasteiger partial charge is 0.244 e. The number of methoxy groups -OCH3 is 1. The van der Waals surface area contributed by atoms with Gasteiger partial charge in [-0.1, -0.05) is 37.6 Å². The van der Waals surface area contributed by atoms with Crippen LogP contribution in [0.1, 0.15) is 43.4 Å². The molecule has 2 aromatic rings. The van der Waals surface area contributed by atoms with Crippen LogP contribution in [0.15, 0.2) is 42.5 Å². The minimum Gasteiger partial charge on any atom is -0.497 e. The normalized spacial score (nSPS) is 12.1. The number of carbonyl (C=O) groups excluding carboxylic acids is 2. The van der Waals surface area contributed by atoms with E-state index in [9.17, 15) is 18.0 Å². The van der Waals surface area contributed by atoms with E-state index in [2.05, 4.69) is 5.32 Å². The Bertz CT molecular complexity index is 1120. The number of nitrogens with one attached hydrogen (secondary N) is 1. The highest BCUT2D eigenvalue weighted by molar-refractivity contribution is 7.92. The van der Waals surface area contributed by atoms with Gasteiger partial charge in [0.15, 0.2) is 0 Å². The van der Waals surface area contributed by atoms with E-state index in [-0.39, 0.29) is 12.5 Å². The van der Waals surface area contributed by atoms with Crippen molar-refractivity contribution in [2.75, 3.05) is 30.8 Å². The topological polar surface area (TPSA) is 96.0 Å². The highest BCUT2D eigenvalue weighted by Gasteiger charge is 2.30. The molecular weight excluding hydrogens is 466 g/mol. The van der Waals surface area contributed by atoms with E-state index in [0.29, 0.717) is 18.0 Å². The minimum absolute atomic E-state index is 0.148. The number of anilines is 1. The van der Waals surface area contributed by atoms with Gasteiger partial charge in [0.2, 0.25) is 21.8 Å². The molecule has 35 heavy (non-hydrogen) atoms. The van der Waals surface area contributed by atoms with E-state index < -0.39 is 28.5 Å². The zero-order valence-corrected chi connectivity index (χ0v) is 22.3. The van der Waals surface area contributed by atoms with Crippen LogP contribution < -0.4 is 14.4 Å². The van der Waals surface area contributed by atoms with Crippen LogP contribution in [0, 0.1) is 13.8 Å². The molecule has 0 fully saturated rings. The van der Waals surface area contributed by atoms with Crippen molar-refractivity contribution in [1.82, 2.24) is 10.2 Å². The van der Waals surface area contributed by atoms with Gasteiger partial charge in [0.1, 0.15) is 18.3 Å². The lowest BCUT2D eigenvalue weighted by Gasteiger charge is -2.32. The van der Waals surface area contributed by atoms with Crippen LogP contribution in [-0.4, -0.2) is 57.6 Å². The summed E-state index contributed by atoms with van der Waals surface area (Å²) in [6, 6.07) is 11.9. The average Bonchev–Trinajstić information content (AvgIpc) is 2.81. The summed E-state index contributed by atoms with van der Waals surface area (Å²) in [7, 11) is -2.19. The number of aryl methyl sites for hydroxylation is 2. The second-order valence-corrected chi connectivity index (χ2v) is 10.7. The molecule has 0 aliphatic heterocycles. The molecule has 9 heteroatoms. The molecule has 0 spiro atoms. The van der Waals surface area contributed by atoms with Gasteiger partial charge in [-0.05, 0) is 62.1 Å². The van der Waals surface area contributed by atoms with E-state index in [1.165, 1.54) is 4.90 Å². The van der Waals surface area contributed by atoms with Crippen molar-refractivity contribution in [1.29, 1.82) is 0 Å². The number of unbranched alkanes of at least 4 members (excludes halogenated alkanes) is 1. The number of hydrogen-bond acceptors (Lipinski definition) is 5. The van der Waals surface area contributed by atoms with Crippen molar-refractivity contribution in [2.24, 2.45) is 0 Å². The van der Waals surface area contributed by atoms with E-state index in [4.69, 9.17) is 4.74 Å². The fourth-order valence-electron chi connectivity index (χ4n) is 3.63. The van der Waals surface area contributed by atoms with Gasteiger partial charge >= 0.3 is 0 Å². The van der Waals surface area contributed by atoms with Crippen LogP contribution in [0.5, 0.6) is 5.75 Å². The van der Waals surface area contributed by atoms with E-state index >= 15 is 0 Å². The maximum atomic E-state index is 13.6. The number of ether oxygens (including phenoxy) is 1. The summed E-state index contributed by atoms with van der Waals surface area (Å²) in [5, 5.41) is 2.87. The van der Waals surface area contributed by atoms with Crippen molar-refractivity contribution in [3.8, 4) is 5.75 Å². The molecule has 0 saturated carbocycles. The summed E-state index contributed by atoms with van der Waals surface area (Å²) in [5.41, 5.74) is 2.86. The van der Waals surface area contributed by atoms with Crippen LogP contribution in [0.25, 0.3) is 0 Å². The zero-order valence-electron chi connectivity index (χ0n) is 21.5. The van der Waals surface area contributed by atoms with Crippen molar-refractivity contribution < 1.29 is 22.7 Å². The number of sulfonamides is 1. The zero-order chi connectivity index (χ0) is 26.2. The number of nitrogens with zero attached hydrogens (tertiary/aromatic N) is 2. The third kappa shape index (κ3) is 7.99. The lowest BCUT2D eigenvalue weighted by molar-refractivity contribution is -0.139. The van der Waals surface area contributed by atoms with Gasteiger partial charge in [0.05, 0.1) is 19.1 Å². The second kappa shape index (κ2) is 12.6. The summed E-state index contributed by atoms with van der Waals surface area (Å²) in [6.07, 6.45) is 2.85. The highest BCUT2D eigenvalue weighted by atomic mass is 32.2. The first kappa shape index (κ1) is 28.2. The Morgan fingerprint density at radius 2 is 1.74 bits per heavy atom. The average molecular weight is 504 g/mol. The first-order valence-corrected chi connectivity index (χ1v) is 13.6. The van der Waals surface area contributed by atoms with Crippen LogP contribution in [0.3, 0.4) is 0 Å². The quantitative estimate of drug-likeness (QED) is 0.448. The first-order chi connectivity index (χ1) is 16.5. The molecule has 0 radical (unpaired) electrons. The summed E-state index contributed by atoms with van der Waals surface area (Å²) in [4.78, 5) is 27.9. The fraction of sp³-hybridized carbons (Fsp3) is 0.462. The Hall–Kier alpha value is -3.07. The molecule has 1 N–H and O–H groups in total. The Morgan fingerprint density at radius 3 is 2.31 bits per heavy atom. The first-order valence-electron chi connectivity index (χ1n) is 11.7. The molecule has 1 atom stereocenters.